The Hall–Kier alpha value is -3.35. The summed E-state index contributed by atoms with van der Waals surface area (Å²) in [5, 5.41) is 3.01. The van der Waals surface area contributed by atoms with Gasteiger partial charge in [0.15, 0.2) is 0 Å². The largest absolute Gasteiger partial charge is 0.416 e. The van der Waals surface area contributed by atoms with Crippen LogP contribution in [-0.4, -0.2) is 22.5 Å². The van der Waals surface area contributed by atoms with Gasteiger partial charge in [-0.25, -0.2) is 4.79 Å². The molecule has 2 heterocycles. The molecule has 4 nitrogen and oxygen atoms in total. The minimum Gasteiger partial charge on any atom is -0.331 e. The highest BCUT2D eigenvalue weighted by Crippen LogP contribution is 2.36. The molecule has 3 aromatic rings. The molecular weight excluding hydrogens is 403 g/mol. The highest BCUT2D eigenvalue weighted by molar-refractivity contribution is 5.76. The predicted octanol–water partition coefficient (Wildman–Crippen LogP) is 5.52. The zero-order valence-corrected chi connectivity index (χ0v) is 16.9. The van der Waals surface area contributed by atoms with Crippen molar-refractivity contribution in [2.75, 3.05) is 6.54 Å². The molecule has 0 saturated carbocycles. The van der Waals surface area contributed by atoms with Crippen LogP contribution in [0.25, 0.3) is 0 Å². The van der Waals surface area contributed by atoms with Gasteiger partial charge in [-0.15, -0.1) is 0 Å². The van der Waals surface area contributed by atoms with E-state index in [4.69, 9.17) is 0 Å². The van der Waals surface area contributed by atoms with Crippen molar-refractivity contribution in [1.82, 2.24) is 15.2 Å². The fraction of sp³-hybridized carbons (Fsp3) is 0.250. The van der Waals surface area contributed by atoms with Crippen molar-refractivity contribution in [1.29, 1.82) is 0 Å². The zero-order chi connectivity index (χ0) is 22.0. The first-order valence-electron chi connectivity index (χ1n) is 10.1. The lowest BCUT2D eigenvalue weighted by Gasteiger charge is -2.37. The Morgan fingerprint density at radius 2 is 1.77 bits per heavy atom. The number of aromatic nitrogens is 1. The molecule has 31 heavy (non-hydrogen) atoms. The number of hydrogen-bond acceptors (Lipinski definition) is 2. The van der Waals surface area contributed by atoms with E-state index in [1.165, 1.54) is 12.1 Å². The number of benzene rings is 2. The van der Waals surface area contributed by atoms with Gasteiger partial charge in [-0.05, 0) is 48.2 Å². The Morgan fingerprint density at radius 1 is 1.06 bits per heavy atom. The van der Waals surface area contributed by atoms with Crippen LogP contribution in [0, 0.1) is 0 Å². The fourth-order valence-corrected chi connectivity index (χ4v) is 3.93. The molecule has 0 unspecified atom stereocenters. The minimum absolute atomic E-state index is 0.216. The Balaban J connectivity index is 1.65. The molecule has 1 aliphatic heterocycles. The highest BCUT2D eigenvalue weighted by Gasteiger charge is 2.35. The SMILES string of the molecule is C[C@@H](NC(=O)N1CCc2cccnc2[C@H]1c1ccc(C(F)(F)F)cc1)c1ccccc1. The number of pyridine rings is 1. The topological polar surface area (TPSA) is 45.2 Å². The van der Waals surface area contributed by atoms with Crippen molar-refractivity contribution in [2.24, 2.45) is 0 Å². The minimum atomic E-state index is -4.41. The maximum Gasteiger partial charge on any atom is 0.416 e. The van der Waals surface area contributed by atoms with Crippen LogP contribution in [0.5, 0.6) is 0 Å². The molecule has 0 fully saturated rings. The Kier molecular flexibility index (Phi) is 5.67. The van der Waals surface area contributed by atoms with Crippen molar-refractivity contribution in [3.63, 3.8) is 0 Å². The summed E-state index contributed by atoms with van der Waals surface area (Å²) < 4.78 is 39.1. The average molecular weight is 425 g/mol. The molecule has 160 valence electrons. The van der Waals surface area contributed by atoms with Gasteiger partial charge in [0.2, 0.25) is 0 Å². The number of carbonyl (C=O) groups excluding carboxylic acids is 1. The van der Waals surface area contributed by atoms with Crippen LogP contribution in [0.2, 0.25) is 0 Å². The molecule has 2 atom stereocenters. The Labute approximate surface area is 178 Å². The van der Waals surface area contributed by atoms with E-state index in [0.717, 1.165) is 23.3 Å². The second-order valence-corrected chi connectivity index (χ2v) is 7.60. The van der Waals surface area contributed by atoms with E-state index in [-0.39, 0.29) is 12.1 Å². The third kappa shape index (κ3) is 4.40. The summed E-state index contributed by atoms with van der Waals surface area (Å²) in [5.41, 5.74) is 2.53. The molecule has 0 aliphatic carbocycles. The maximum atomic E-state index is 13.2. The number of hydrogen-bond donors (Lipinski definition) is 1. The van der Waals surface area contributed by atoms with Crippen LogP contribution in [0.3, 0.4) is 0 Å². The van der Waals surface area contributed by atoms with E-state index in [2.05, 4.69) is 10.3 Å². The van der Waals surface area contributed by atoms with Crippen LogP contribution < -0.4 is 5.32 Å². The Morgan fingerprint density at radius 3 is 2.45 bits per heavy atom. The number of nitrogens with one attached hydrogen (secondary N) is 1. The highest BCUT2D eigenvalue weighted by atomic mass is 19.4. The molecule has 4 rings (SSSR count). The monoisotopic (exact) mass is 425 g/mol. The van der Waals surface area contributed by atoms with Gasteiger partial charge in [0.1, 0.15) is 6.04 Å². The van der Waals surface area contributed by atoms with Crippen LogP contribution in [-0.2, 0) is 12.6 Å². The summed E-state index contributed by atoms with van der Waals surface area (Å²) in [6.45, 7) is 2.34. The molecule has 0 bridgehead atoms. The first kappa shape index (κ1) is 20.9. The predicted molar refractivity (Wildman–Crippen MR) is 111 cm³/mol. The molecule has 0 spiro atoms. The van der Waals surface area contributed by atoms with E-state index in [1.54, 1.807) is 11.1 Å². The molecule has 0 saturated heterocycles. The van der Waals surface area contributed by atoms with Crippen molar-refractivity contribution in [2.45, 2.75) is 31.6 Å². The lowest BCUT2D eigenvalue weighted by atomic mass is 9.92. The number of alkyl halides is 3. The third-order valence-corrected chi connectivity index (χ3v) is 5.57. The van der Waals surface area contributed by atoms with Crippen LogP contribution in [0.15, 0.2) is 72.9 Å². The lowest BCUT2D eigenvalue weighted by molar-refractivity contribution is -0.137. The van der Waals surface area contributed by atoms with Gasteiger partial charge in [0.05, 0.1) is 17.3 Å². The molecular formula is C24H22F3N3O. The molecule has 2 amide bonds. The van der Waals surface area contributed by atoms with Gasteiger partial charge in [-0.3, -0.25) is 4.98 Å². The van der Waals surface area contributed by atoms with Gasteiger partial charge in [-0.1, -0.05) is 48.5 Å². The van der Waals surface area contributed by atoms with Crippen molar-refractivity contribution in [3.05, 3.63) is 101 Å². The summed E-state index contributed by atoms with van der Waals surface area (Å²) in [4.78, 5) is 19.3. The van der Waals surface area contributed by atoms with Crippen LogP contribution in [0.4, 0.5) is 18.0 Å². The number of carbonyl (C=O) groups is 1. The smallest absolute Gasteiger partial charge is 0.331 e. The van der Waals surface area contributed by atoms with Crippen molar-refractivity contribution >= 4 is 6.03 Å². The van der Waals surface area contributed by atoms with E-state index >= 15 is 0 Å². The summed E-state index contributed by atoms with van der Waals surface area (Å²) in [7, 11) is 0. The third-order valence-electron chi connectivity index (χ3n) is 5.57. The molecule has 1 aliphatic rings. The first-order valence-corrected chi connectivity index (χ1v) is 10.1. The van der Waals surface area contributed by atoms with E-state index in [1.807, 2.05) is 49.4 Å². The number of halogens is 3. The van der Waals surface area contributed by atoms with Crippen LogP contribution in [0.1, 0.15) is 47.0 Å². The normalized spacial score (nSPS) is 17.0. The number of urea groups is 1. The second-order valence-electron chi connectivity index (χ2n) is 7.60. The number of rotatable bonds is 3. The second kappa shape index (κ2) is 8.41. The maximum absolute atomic E-state index is 13.2. The van der Waals surface area contributed by atoms with E-state index in [9.17, 15) is 18.0 Å². The van der Waals surface area contributed by atoms with Gasteiger partial charge >= 0.3 is 12.2 Å². The fourth-order valence-electron chi connectivity index (χ4n) is 3.93. The van der Waals surface area contributed by atoms with Gasteiger partial charge < -0.3 is 10.2 Å². The number of fused-ring (bicyclic) bond motifs is 1. The molecule has 1 aromatic heterocycles. The number of amides is 2. The quantitative estimate of drug-likeness (QED) is 0.601. The zero-order valence-electron chi connectivity index (χ0n) is 16.9. The summed E-state index contributed by atoms with van der Waals surface area (Å²) in [5.74, 6) is 0. The molecule has 2 aromatic carbocycles. The van der Waals surface area contributed by atoms with E-state index < -0.39 is 17.8 Å². The van der Waals surface area contributed by atoms with Crippen molar-refractivity contribution in [3.8, 4) is 0 Å². The van der Waals surface area contributed by atoms with E-state index in [0.29, 0.717) is 24.2 Å². The first-order chi connectivity index (χ1) is 14.8. The summed E-state index contributed by atoms with van der Waals surface area (Å²) in [6, 6.07) is 17.3. The van der Waals surface area contributed by atoms with Crippen molar-refractivity contribution < 1.29 is 18.0 Å². The Bertz CT molecular complexity index is 1050. The van der Waals surface area contributed by atoms with Gasteiger partial charge in [0, 0.05) is 12.7 Å². The van der Waals surface area contributed by atoms with Crippen LogP contribution >= 0.6 is 0 Å². The summed E-state index contributed by atoms with van der Waals surface area (Å²) in [6.07, 6.45) is -2.14. The average Bonchev–Trinajstić information content (AvgIpc) is 2.78. The van der Waals surface area contributed by atoms with Gasteiger partial charge in [-0.2, -0.15) is 13.2 Å². The molecule has 7 heteroatoms. The molecule has 1 N–H and O–H groups in total. The number of nitrogens with zero attached hydrogens (tertiary/aromatic N) is 2. The lowest BCUT2D eigenvalue weighted by Crippen LogP contribution is -2.47. The van der Waals surface area contributed by atoms with Gasteiger partial charge in [0.25, 0.3) is 0 Å². The standard InChI is InChI=1S/C24H22F3N3O/c1-16(17-6-3-2-4-7-17)29-23(31)30-15-13-18-8-5-14-28-21(18)22(30)19-9-11-20(12-10-19)24(25,26)27/h2-12,14,16,22H,13,15H2,1H3,(H,29,31)/t16-,22-/m1/s1. The summed E-state index contributed by atoms with van der Waals surface area (Å²) >= 11 is 0. The molecule has 0 radical (unpaired) electrons.